The van der Waals surface area contributed by atoms with Crippen LogP contribution in [0.1, 0.15) is 11.1 Å². The van der Waals surface area contributed by atoms with Crippen LogP contribution in [0.15, 0.2) is 59.1 Å². The Balaban J connectivity index is 1.86. The zero-order valence-corrected chi connectivity index (χ0v) is 12.0. The summed E-state index contributed by atoms with van der Waals surface area (Å²) < 4.78 is 42.9. The molecule has 1 aromatic heterocycles. The third-order valence-electron chi connectivity index (χ3n) is 3.49. The predicted molar refractivity (Wildman–Crippen MR) is 80.3 cm³/mol. The number of aromatic nitrogens is 1. The van der Waals surface area contributed by atoms with Gasteiger partial charge >= 0.3 is 6.18 Å². The van der Waals surface area contributed by atoms with Crippen LogP contribution in [0.2, 0.25) is 0 Å². The molecule has 0 spiro atoms. The SMILES string of the molecule is NCc1ccc(-c2cc(-c3ccc(C(F)(F)F)cc3)on2)cc1. The van der Waals surface area contributed by atoms with Crippen molar-refractivity contribution in [3.05, 3.63) is 65.7 Å². The van der Waals surface area contributed by atoms with E-state index in [1.807, 2.05) is 24.3 Å². The molecule has 0 saturated carbocycles. The molecule has 3 rings (SSSR count). The van der Waals surface area contributed by atoms with Crippen LogP contribution in [0.25, 0.3) is 22.6 Å². The Labute approximate surface area is 130 Å². The van der Waals surface area contributed by atoms with Gasteiger partial charge in [0.2, 0.25) is 0 Å². The first-order valence-corrected chi connectivity index (χ1v) is 6.91. The van der Waals surface area contributed by atoms with Gasteiger partial charge in [0.15, 0.2) is 5.76 Å². The molecule has 0 aliphatic heterocycles. The number of benzene rings is 2. The smallest absolute Gasteiger partial charge is 0.356 e. The predicted octanol–water partition coefficient (Wildman–Crippen LogP) is 4.49. The van der Waals surface area contributed by atoms with Crippen LogP contribution in [0.5, 0.6) is 0 Å². The van der Waals surface area contributed by atoms with Gasteiger partial charge in [-0.2, -0.15) is 13.2 Å². The van der Waals surface area contributed by atoms with E-state index in [1.165, 1.54) is 12.1 Å². The molecule has 3 aromatic rings. The van der Waals surface area contributed by atoms with Gasteiger partial charge in [-0.25, -0.2) is 0 Å². The molecule has 0 radical (unpaired) electrons. The zero-order chi connectivity index (χ0) is 16.4. The summed E-state index contributed by atoms with van der Waals surface area (Å²) in [6.07, 6.45) is -4.35. The van der Waals surface area contributed by atoms with E-state index in [-0.39, 0.29) is 0 Å². The molecule has 23 heavy (non-hydrogen) atoms. The van der Waals surface area contributed by atoms with Crippen molar-refractivity contribution < 1.29 is 17.7 Å². The molecule has 118 valence electrons. The van der Waals surface area contributed by atoms with Crippen molar-refractivity contribution in [2.45, 2.75) is 12.7 Å². The standard InChI is InChI=1S/C17H13F3N2O/c18-17(19,20)14-7-5-13(6-8-14)16-9-15(22-23-16)12-3-1-11(10-21)2-4-12/h1-9H,10,21H2. The van der Waals surface area contributed by atoms with E-state index < -0.39 is 11.7 Å². The summed E-state index contributed by atoms with van der Waals surface area (Å²) in [6, 6.07) is 14.0. The first-order valence-electron chi connectivity index (χ1n) is 6.91. The fourth-order valence-corrected chi connectivity index (χ4v) is 2.18. The highest BCUT2D eigenvalue weighted by Crippen LogP contribution is 2.32. The average Bonchev–Trinajstić information content (AvgIpc) is 3.04. The molecule has 0 aliphatic carbocycles. The average molecular weight is 318 g/mol. The largest absolute Gasteiger partial charge is 0.416 e. The van der Waals surface area contributed by atoms with Crippen LogP contribution < -0.4 is 5.73 Å². The molecule has 0 aliphatic rings. The molecule has 3 nitrogen and oxygen atoms in total. The Bertz CT molecular complexity index is 790. The Morgan fingerprint density at radius 2 is 1.52 bits per heavy atom. The van der Waals surface area contributed by atoms with Gasteiger partial charge in [0, 0.05) is 23.7 Å². The first-order chi connectivity index (χ1) is 11.0. The lowest BCUT2D eigenvalue weighted by Gasteiger charge is -2.06. The molecule has 0 saturated heterocycles. The van der Waals surface area contributed by atoms with Crippen molar-refractivity contribution in [1.29, 1.82) is 0 Å². The van der Waals surface area contributed by atoms with Gasteiger partial charge in [0.05, 0.1) is 5.56 Å². The zero-order valence-electron chi connectivity index (χ0n) is 12.0. The summed E-state index contributed by atoms with van der Waals surface area (Å²) in [6.45, 7) is 0.454. The summed E-state index contributed by atoms with van der Waals surface area (Å²) in [7, 11) is 0. The lowest BCUT2D eigenvalue weighted by Crippen LogP contribution is -2.03. The summed E-state index contributed by atoms with van der Waals surface area (Å²) in [4.78, 5) is 0. The van der Waals surface area contributed by atoms with E-state index in [0.717, 1.165) is 23.3 Å². The van der Waals surface area contributed by atoms with Crippen LogP contribution in [0.3, 0.4) is 0 Å². The molecule has 0 fully saturated rings. The van der Waals surface area contributed by atoms with Gasteiger partial charge < -0.3 is 10.3 Å². The third-order valence-corrected chi connectivity index (χ3v) is 3.49. The van der Waals surface area contributed by atoms with Crippen molar-refractivity contribution >= 4 is 0 Å². The van der Waals surface area contributed by atoms with E-state index in [9.17, 15) is 13.2 Å². The number of nitrogens with two attached hydrogens (primary N) is 1. The number of nitrogens with zero attached hydrogens (tertiary/aromatic N) is 1. The number of hydrogen-bond donors (Lipinski definition) is 1. The van der Waals surface area contributed by atoms with E-state index in [0.29, 0.717) is 23.6 Å². The number of rotatable bonds is 3. The Morgan fingerprint density at radius 3 is 2.09 bits per heavy atom. The lowest BCUT2D eigenvalue weighted by molar-refractivity contribution is -0.137. The Kier molecular flexibility index (Phi) is 3.92. The molecular weight excluding hydrogens is 305 g/mol. The van der Waals surface area contributed by atoms with E-state index in [2.05, 4.69) is 5.16 Å². The summed E-state index contributed by atoms with van der Waals surface area (Å²) in [5, 5.41) is 3.96. The minimum absolute atomic E-state index is 0.414. The molecule has 0 atom stereocenters. The third kappa shape index (κ3) is 3.27. The number of halogens is 3. The maximum Gasteiger partial charge on any atom is 0.416 e. The molecule has 0 unspecified atom stereocenters. The highest BCUT2D eigenvalue weighted by atomic mass is 19.4. The summed E-state index contributed by atoms with van der Waals surface area (Å²) >= 11 is 0. The minimum Gasteiger partial charge on any atom is -0.356 e. The normalized spacial score (nSPS) is 11.7. The molecule has 6 heteroatoms. The van der Waals surface area contributed by atoms with Crippen LogP contribution in [0.4, 0.5) is 13.2 Å². The monoisotopic (exact) mass is 318 g/mol. The second-order valence-corrected chi connectivity index (χ2v) is 5.05. The molecule has 0 bridgehead atoms. The van der Waals surface area contributed by atoms with Crippen LogP contribution in [-0.2, 0) is 12.7 Å². The minimum atomic E-state index is -4.35. The molecule has 0 amide bonds. The topological polar surface area (TPSA) is 52.0 Å². The van der Waals surface area contributed by atoms with Gasteiger partial charge in [-0.1, -0.05) is 41.6 Å². The van der Waals surface area contributed by atoms with Gasteiger partial charge in [-0.05, 0) is 17.7 Å². The van der Waals surface area contributed by atoms with Crippen LogP contribution in [-0.4, -0.2) is 5.16 Å². The second-order valence-electron chi connectivity index (χ2n) is 5.05. The summed E-state index contributed by atoms with van der Waals surface area (Å²) in [5.74, 6) is 0.414. The molecule has 2 aromatic carbocycles. The second kappa shape index (κ2) is 5.89. The lowest BCUT2D eigenvalue weighted by atomic mass is 10.1. The van der Waals surface area contributed by atoms with Crippen molar-refractivity contribution in [3.63, 3.8) is 0 Å². The first kappa shape index (κ1) is 15.3. The summed E-state index contributed by atoms with van der Waals surface area (Å²) in [5.41, 5.74) is 7.85. The van der Waals surface area contributed by atoms with Crippen LogP contribution in [0, 0.1) is 0 Å². The molecular formula is C17H13F3N2O. The Hall–Kier alpha value is -2.60. The fraction of sp³-hybridized carbons (Fsp3) is 0.118. The number of hydrogen-bond acceptors (Lipinski definition) is 3. The van der Waals surface area contributed by atoms with Crippen molar-refractivity contribution in [3.8, 4) is 22.6 Å². The molecule has 1 heterocycles. The van der Waals surface area contributed by atoms with Crippen LogP contribution >= 0.6 is 0 Å². The van der Waals surface area contributed by atoms with Gasteiger partial charge in [-0.3, -0.25) is 0 Å². The van der Waals surface area contributed by atoms with E-state index in [4.69, 9.17) is 10.3 Å². The van der Waals surface area contributed by atoms with Gasteiger partial charge in [0.25, 0.3) is 0 Å². The fourth-order valence-electron chi connectivity index (χ4n) is 2.18. The van der Waals surface area contributed by atoms with E-state index >= 15 is 0 Å². The highest BCUT2D eigenvalue weighted by molar-refractivity contribution is 5.67. The van der Waals surface area contributed by atoms with E-state index in [1.54, 1.807) is 6.07 Å². The van der Waals surface area contributed by atoms with Gasteiger partial charge in [0.1, 0.15) is 5.69 Å². The Morgan fingerprint density at radius 1 is 0.913 bits per heavy atom. The quantitative estimate of drug-likeness (QED) is 0.774. The molecule has 2 N–H and O–H groups in total. The maximum atomic E-state index is 12.6. The maximum absolute atomic E-state index is 12.6. The van der Waals surface area contributed by atoms with Crippen molar-refractivity contribution in [2.24, 2.45) is 5.73 Å². The van der Waals surface area contributed by atoms with Crippen molar-refractivity contribution in [2.75, 3.05) is 0 Å². The highest BCUT2D eigenvalue weighted by Gasteiger charge is 2.30. The van der Waals surface area contributed by atoms with Crippen molar-refractivity contribution in [1.82, 2.24) is 5.16 Å². The number of alkyl halides is 3. The van der Waals surface area contributed by atoms with Gasteiger partial charge in [-0.15, -0.1) is 0 Å².